The Balaban J connectivity index is 2.08. The number of halogens is 2. The van der Waals surface area contributed by atoms with Gasteiger partial charge in [0.05, 0.1) is 5.88 Å². The smallest absolute Gasteiger partial charge is 0.179 e. The zero-order valence-corrected chi connectivity index (χ0v) is 11.2. The summed E-state index contributed by atoms with van der Waals surface area (Å²) in [5, 5.41) is 0.849. The lowest BCUT2D eigenvalue weighted by Gasteiger charge is -2.02. The number of benzene rings is 2. The van der Waals surface area contributed by atoms with Gasteiger partial charge in [-0.05, 0) is 29.3 Å². The minimum Gasteiger partial charge on any atom is -0.360 e. The quantitative estimate of drug-likeness (QED) is 0.562. The Morgan fingerprint density at radius 3 is 2.50 bits per heavy atom. The normalized spacial score (nSPS) is 10.9. The van der Waals surface area contributed by atoms with Crippen LogP contribution in [0.2, 0.25) is 0 Å². The second kappa shape index (κ2) is 5.10. The summed E-state index contributed by atoms with van der Waals surface area (Å²) in [4.78, 5) is 14.8. The third-order valence-corrected chi connectivity index (χ3v) is 3.52. The zero-order valence-electron chi connectivity index (χ0n) is 10.5. The molecule has 0 radical (unpaired) electrons. The van der Waals surface area contributed by atoms with Crippen LogP contribution in [0.3, 0.4) is 0 Å². The van der Waals surface area contributed by atoms with Crippen molar-refractivity contribution in [2.45, 2.75) is 0 Å². The second-order valence-corrected chi connectivity index (χ2v) is 4.79. The highest BCUT2D eigenvalue weighted by molar-refractivity contribution is 6.32. The first-order chi connectivity index (χ1) is 9.69. The summed E-state index contributed by atoms with van der Waals surface area (Å²) in [5.41, 5.74) is 3.35. The molecule has 0 saturated heterocycles. The summed E-state index contributed by atoms with van der Waals surface area (Å²) < 4.78 is 12.9. The maximum absolute atomic E-state index is 12.9. The lowest BCUT2D eigenvalue weighted by atomic mass is 10.0. The van der Waals surface area contributed by atoms with Gasteiger partial charge in [-0.25, -0.2) is 4.39 Å². The van der Waals surface area contributed by atoms with Gasteiger partial charge in [-0.2, -0.15) is 0 Å². The van der Waals surface area contributed by atoms with Crippen LogP contribution in [0.4, 0.5) is 4.39 Å². The van der Waals surface area contributed by atoms with Gasteiger partial charge in [-0.3, -0.25) is 4.79 Å². The average molecular weight is 288 g/mol. The zero-order chi connectivity index (χ0) is 14.1. The first kappa shape index (κ1) is 12.9. The van der Waals surface area contributed by atoms with Crippen molar-refractivity contribution in [2.75, 3.05) is 5.88 Å². The Labute approximate surface area is 120 Å². The van der Waals surface area contributed by atoms with Crippen LogP contribution in [0.1, 0.15) is 10.4 Å². The third kappa shape index (κ3) is 2.21. The maximum atomic E-state index is 12.9. The Bertz CT molecular complexity index is 777. The Morgan fingerprint density at radius 1 is 1.10 bits per heavy atom. The van der Waals surface area contributed by atoms with Crippen molar-refractivity contribution < 1.29 is 9.18 Å². The van der Waals surface area contributed by atoms with Crippen LogP contribution in [0.15, 0.2) is 48.7 Å². The Hall–Kier alpha value is -2.13. The SMILES string of the molecule is O=C(CCl)c1c[nH]c2cc(-c3ccc(F)cc3)ccc12. The van der Waals surface area contributed by atoms with Gasteiger partial charge < -0.3 is 4.98 Å². The number of ketones is 1. The van der Waals surface area contributed by atoms with E-state index in [9.17, 15) is 9.18 Å². The number of carbonyl (C=O) groups excluding carboxylic acids is 1. The summed E-state index contributed by atoms with van der Waals surface area (Å²) in [6, 6.07) is 12.0. The van der Waals surface area contributed by atoms with Crippen LogP contribution in [0, 0.1) is 5.82 Å². The van der Waals surface area contributed by atoms with Crippen molar-refractivity contribution in [1.29, 1.82) is 0 Å². The molecule has 0 aliphatic heterocycles. The number of carbonyl (C=O) groups is 1. The first-order valence-corrected chi connectivity index (χ1v) is 6.69. The fraction of sp³-hybridized carbons (Fsp3) is 0.0625. The van der Waals surface area contributed by atoms with Gasteiger partial charge in [0.2, 0.25) is 0 Å². The van der Waals surface area contributed by atoms with E-state index in [1.165, 1.54) is 12.1 Å². The van der Waals surface area contributed by atoms with E-state index in [0.29, 0.717) is 5.56 Å². The van der Waals surface area contributed by atoms with Gasteiger partial charge >= 0.3 is 0 Å². The highest BCUT2D eigenvalue weighted by Gasteiger charge is 2.11. The predicted molar refractivity (Wildman–Crippen MR) is 78.7 cm³/mol. The molecule has 0 aliphatic carbocycles. The number of nitrogens with one attached hydrogen (secondary N) is 1. The summed E-state index contributed by atoms with van der Waals surface area (Å²) in [5.74, 6) is -0.399. The van der Waals surface area contributed by atoms with Crippen molar-refractivity contribution in [3.8, 4) is 11.1 Å². The molecule has 2 aromatic carbocycles. The van der Waals surface area contributed by atoms with Crippen LogP contribution in [-0.2, 0) is 0 Å². The largest absolute Gasteiger partial charge is 0.360 e. The number of hydrogen-bond acceptors (Lipinski definition) is 1. The monoisotopic (exact) mass is 287 g/mol. The molecule has 20 heavy (non-hydrogen) atoms. The molecular formula is C16H11ClFNO. The molecular weight excluding hydrogens is 277 g/mol. The van der Waals surface area contributed by atoms with Gasteiger partial charge in [-0.1, -0.05) is 24.3 Å². The molecule has 0 fully saturated rings. The van der Waals surface area contributed by atoms with Crippen LogP contribution in [-0.4, -0.2) is 16.6 Å². The number of hydrogen-bond donors (Lipinski definition) is 1. The minimum absolute atomic E-state index is 0.0351. The second-order valence-electron chi connectivity index (χ2n) is 4.53. The molecule has 0 unspecified atom stereocenters. The molecule has 1 aromatic heterocycles. The average Bonchev–Trinajstić information content (AvgIpc) is 2.90. The molecule has 2 nitrogen and oxygen atoms in total. The maximum Gasteiger partial charge on any atom is 0.179 e. The molecule has 0 spiro atoms. The van der Waals surface area contributed by atoms with Crippen molar-refractivity contribution >= 4 is 28.3 Å². The number of alkyl halides is 1. The number of rotatable bonds is 3. The molecule has 3 rings (SSSR count). The van der Waals surface area contributed by atoms with Gasteiger partial charge in [0.15, 0.2) is 5.78 Å². The molecule has 1 heterocycles. The predicted octanol–water partition coefficient (Wildman–Crippen LogP) is 4.40. The van der Waals surface area contributed by atoms with Crippen molar-refractivity contribution in [3.05, 3.63) is 60.0 Å². The lowest BCUT2D eigenvalue weighted by molar-refractivity contribution is 0.102. The molecule has 4 heteroatoms. The number of aromatic amines is 1. The number of fused-ring (bicyclic) bond motifs is 1. The molecule has 100 valence electrons. The molecule has 0 atom stereocenters. The number of Topliss-reactive ketones (excluding diaryl/α,β-unsaturated/α-hetero) is 1. The van der Waals surface area contributed by atoms with E-state index in [1.54, 1.807) is 18.3 Å². The van der Waals surface area contributed by atoms with E-state index in [4.69, 9.17) is 11.6 Å². The summed E-state index contributed by atoms with van der Waals surface area (Å²) in [6.07, 6.45) is 1.67. The lowest BCUT2D eigenvalue weighted by Crippen LogP contribution is -1.98. The molecule has 1 N–H and O–H groups in total. The van der Waals surface area contributed by atoms with E-state index in [0.717, 1.165) is 22.0 Å². The van der Waals surface area contributed by atoms with E-state index in [2.05, 4.69) is 4.98 Å². The van der Waals surface area contributed by atoms with E-state index in [-0.39, 0.29) is 17.5 Å². The van der Waals surface area contributed by atoms with E-state index < -0.39 is 0 Å². The fourth-order valence-electron chi connectivity index (χ4n) is 2.25. The van der Waals surface area contributed by atoms with E-state index >= 15 is 0 Å². The first-order valence-electron chi connectivity index (χ1n) is 6.15. The molecule has 0 amide bonds. The van der Waals surface area contributed by atoms with Gasteiger partial charge in [0, 0.05) is 22.7 Å². The highest BCUT2D eigenvalue weighted by Crippen LogP contribution is 2.26. The fourth-order valence-corrected chi connectivity index (χ4v) is 2.39. The highest BCUT2D eigenvalue weighted by atomic mass is 35.5. The van der Waals surface area contributed by atoms with Gasteiger partial charge in [0.1, 0.15) is 5.82 Å². The molecule has 0 saturated carbocycles. The molecule has 0 bridgehead atoms. The van der Waals surface area contributed by atoms with Crippen LogP contribution >= 0.6 is 11.6 Å². The Kier molecular flexibility index (Phi) is 3.28. The van der Waals surface area contributed by atoms with Crippen molar-refractivity contribution in [1.82, 2.24) is 4.98 Å². The van der Waals surface area contributed by atoms with Crippen LogP contribution in [0.25, 0.3) is 22.0 Å². The summed E-state index contributed by atoms with van der Waals surface area (Å²) >= 11 is 5.59. The minimum atomic E-state index is -0.260. The van der Waals surface area contributed by atoms with Gasteiger partial charge in [0.25, 0.3) is 0 Å². The van der Waals surface area contributed by atoms with Crippen LogP contribution < -0.4 is 0 Å². The van der Waals surface area contributed by atoms with Crippen molar-refractivity contribution in [2.24, 2.45) is 0 Å². The standard InChI is InChI=1S/C16H11ClFNO/c17-8-16(20)14-9-19-15-7-11(3-6-13(14)15)10-1-4-12(18)5-2-10/h1-7,9,19H,8H2. The van der Waals surface area contributed by atoms with Gasteiger partial charge in [-0.15, -0.1) is 11.6 Å². The third-order valence-electron chi connectivity index (χ3n) is 3.28. The summed E-state index contributed by atoms with van der Waals surface area (Å²) in [6.45, 7) is 0. The number of H-pyrrole nitrogens is 1. The topological polar surface area (TPSA) is 32.9 Å². The van der Waals surface area contributed by atoms with Crippen molar-refractivity contribution in [3.63, 3.8) is 0 Å². The van der Waals surface area contributed by atoms with E-state index in [1.807, 2.05) is 18.2 Å². The molecule has 3 aromatic rings. The summed E-state index contributed by atoms with van der Waals surface area (Å²) in [7, 11) is 0. The molecule has 0 aliphatic rings. The number of aromatic nitrogens is 1. The van der Waals surface area contributed by atoms with Crippen LogP contribution in [0.5, 0.6) is 0 Å². The Morgan fingerprint density at radius 2 is 1.80 bits per heavy atom.